The fraction of sp³-hybridized carbons (Fsp3) is 0.286. The third-order valence-electron chi connectivity index (χ3n) is 1.47. The highest BCUT2D eigenvalue weighted by Crippen LogP contribution is 2.24. The molecule has 0 atom stereocenters. The second-order valence-electron chi connectivity index (χ2n) is 2.41. The summed E-state index contributed by atoms with van der Waals surface area (Å²) in [6, 6.07) is 0. The smallest absolute Gasteiger partial charge is 0.478 e. The Morgan fingerprint density at radius 2 is 2.15 bits per heavy atom. The standard InChI is InChI=1S/C7H6F3NO2/c8-7(9,10)11-3-1-2-5(4-11)6(12)13/h1-2,4H,3H2,(H,12,13). The van der Waals surface area contributed by atoms with Crippen LogP contribution in [0.1, 0.15) is 0 Å². The summed E-state index contributed by atoms with van der Waals surface area (Å²) in [6.07, 6.45) is -1.66. The summed E-state index contributed by atoms with van der Waals surface area (Å²) in [4.78, 5) is 10.3. The van der Waals surface area contributed by atoms with E-state index in [9.17, 15) is 18.0 Å². The average Bonchev–Trinajstić information content (AvgIpc) is 2.03. The van der Waals surface area contributed by atoms with Gasteiger partial charge in [-0.1, -0.05) is 6.08 Å². The summed E-state index contributed by atoms with van der Waals surface area (Å²) >= 11 is 0. The van der Waals surface area contributed by atoms with Crippen LogP contribution in [-0.2, 0) is 4.79 Å². The molecule has 0 bridgehead atoms. The molecule has 0 saturated carbocycles. The number of halogens is 3. The molecule has 6 heteroatoms. The summed E-state index contributed by atoms with van der Waals surface area (Å²) in [5.74, 6) is -1.37. The number of alkyl halides is 3. The Morgan fingerprint density at radius 3 is 2.62 bits per heavy atom. The van der Waals surface area contributed by atoms with Gasteiger partial charge >= 0.3 is 12.3 Å². The fourth-order valence-electron chi connectivity index (χ4n) is 0.860. The van der Waals surface area contributed by atoms with Crippen molar-refractivity contribution in [3.05, 3.63) is 23.9 Å². The Bertz CT molecular complexity index is 280. The molecule has 0 aromatic heterocycles. The number of carbonyl (C=O) groups is 1. The SMILES string of the molecule is O=C(O)C1=CN(C(F)(F)F)CC=C1. The van der Waals surface area contributed by atoms with Crippen LogP contribution in [0.4, 0.5) is 13.2 Å². The number of aliphatic carboxylic acids is 1. The third-order valence-corrected chi connectivity index (χ3v) is 1.47. The van der Waals surface area contributed by atoms with Crippen LogP contribution in [0.5, 0.6) is 0 Å². The van der Waals surface area contributed by atoms with Gasteiger partial charge in [-0.15, -0.1) is 0 Å². The van der Waals surface area contributed by atoms with E-state index in [1.807, 2.05) is 0 Å². The molecule has 0 unspecified atom stereocenters. The lowest BCUT2D eigenvalue weighted by molar-refractivity contribution is -0.224. The summed E-state index contributed by atoms with van der Waals surface area (Å²) in [7, 11) is 0. The number of hydrogen-bond acceptors (Lipinski definition) is 2. The van der Waals surface area contributed by atoms with E-state index in [1.165, 1.54) is 0 Å². The van der Waals surface area contributed by atoms with Crippen LogP contribution < -0.4 is 0 Å². The number of hydrogen-bond donors (Lipinski definition) is 1. The number of carboxylic acid groups (broad SMARTS) is 1. The molecule has 1 N–H and O–H groups in total. The molecular weight excluding hydrogens is 187 g/mol. The molecule has 3 nitrogen and oxygen atoms in total. The van der Waals surface area contributed by atoms with Crippen molar-refractivity contribution in [3.8, 4) is 0 Å². The van der Waals surface area contributed by atoms with Gasteiger partial charge in [-0.25, -0.2) is 4.79 Å². The maximum atomic E-state index is 12.0. The largest absolute Gasteiger partial charge is 0.484 e. The lowest BCUT2D eigenvalue weighted by Crippen LogP contribution is -2.35. The molecule has 0 aliphatic carbocycles. The second-order valence-corrected chi connectivity index (χ2v) is 2.41. The molecule has 0 aromatic rings. The molecule has 1 heterocycles. The van der Waals surface area contributed by atoms with E-state index >= 15 is 0 Å². The lowest BCUT2D eigenvalue weighted by Gasteiger charge is -2.24. The highest BCUT2D eigenvalue weighted by molar-refractivity contribution is 5.89. The highest BCUT2D eigenvalue weighted by Gasteiger charge is 2.35. The van der Waals surface area contributed by atoms with Gasteiger partial charge in [0, 0.05) is 12.7 Å². The van der Waals surface area contributed by atoms with Crippen LogP contribution in [0.2, 0.25) is 0 Å². The van der Waals surface area contributed by atoms with Crippen molar-refractivity contribution in [2.75, 3.05) is 6.54 Å². The van der Waals surface area contributed by atoms with Crippen molar-refractivity contribution in [2.45, 2.75) is 6.30 Å². The normalized spacial score (nSPS) is 17.2. The molecule has 72 valence electrons. The van der Waals surface area contributed by atoms with E-state index in [-0.39, 0.29) is 17.0 Å². The maximum absolute atomic E-state index is 12.0. The van der Waals surface area contributed by atoms with Crippen molar-refractivity contribution in [2.24, 2.45) is 0 Å². The Morgan fingerprint density at radius 1 is 1.54 bits per heavy atom. The average molecular weight is 193 g/mol. The van der Waals surface area contributed by atoms with Gasteiger partial charge < -0.3 is 5.11 Å². The molecule has 0 fully saturated rings. The van der Waals surface area contributed by atoms with E-state index in [4.69, 9.17) is 5.11 Å². The van der Waals surface area contributed by atoms with Crippen LogP contribution in [0.25, 0.3) is 0 Å². The fourth-order valence-corrected chi connectivity index (χ4v) is 0.860. The summed E-state index contributed by atoms with van der Waals surface area (Å²) < 4.78 is 36.1. The van der Waals surface area contributed by atoms with Gasteiger partial charge in [0.1, 0.15) is 0 Å². The summed E-state index contributed by atoms with van der Waals surface area (Å²) in [6.45, 7) is -0.347. The minimum atomic E-state index is -4.52. The van der Waals surface area contributed by atoms with Gasteiger partial charge in [-0.2, -0.15) is 13.2 Å². The summed E-state index contributed by atoms with van der Waals surface area (Å²) in [5, 5.41) is 8.41. The molecule has 1 aliphatic heterocycles. The van der Waals surface area contributed by atoms with E-state index < -0.39 is 12.3 Å². The molecule has 1 aliphatic rings. The van der Waals surface area contributed by atoms with Gasteiger partial charge in [0.25, 0.3) is 0 Å². The zero-order valence-electron chi connectivity index (χ0n) is 6.38. The predicted octanol–water partition coefficient (Wildman–Crippen LogP) is 1.35. The van der Waals surface area contributed by atoms with Crippen molar-refractivity contribution in [1.29, 1.82) is 0 Å². The Labute approximate surface area is 71.8 Å². The van der Waals surface area contributed by atoms with Crippen LogP contribution >= 0.6 is 0 Å². The van der Waals surface area contributed by atoms with Crippen molar-refractivity contribution >= 4 is 5.97 Å². The molecular formula is C7H6F3NO2. The predicted molar refractivity (Wildman–Crippen MR) is 37.6 cm³/mol. The van der Waals surface area contributed by atoms with E-state index in [0.29, 0.717) is 6.20 Å². The summed E-state index contributed by atoms with van der Waals surface area (Å²) in [5.41, 5.74) is -0.372. The zero-order chi connectivity index (χ0) is 10.1. The van der Waals surface area contributed by atoms with E-state index in [1.54, 1.807) is 0 Å². The zero-order valence-corrected chi connectivity index (χ0v) is 6.38. The minimum Gasteiger partial charge on any atom is -0.478 e. The molecule has 1 rings (SSSR count). The van der Waals surface area contributed by atoms with Crippen LogP contribution in [-0.4, -0.2) is 28.8 Å². The lowest BCUT2D eigenvalue weighted by atomic mass is 10.2. The quantitative estimate of drug-likeness (QED) is 0.639. The molecule has 0 aromatic carbocycles. The van der Waals surface area contributed by atoms with Gasteiger partial charge in [0.15, 0.2) is 0 Å². The highest BCUT2D eigenvalue weighted by atomic mass is 19.4. The molecule has 0 radical (unpaired) electrons. The first-order valence-electron chi connectivity index (χ1n) is 3.36. The first-order chi connectivity index (χ1) is 5.91. The molecule has 13 heavy (non-hydrogen) atoms. The van der Waals surface area contributed by atoms with Gasteiger partial charge in [-0.3, -0.25) is 4.90 Å². The van der Waals surface area contributed by atoms with Gasteiger partial charge in [0.2, 0.25) is 0 Å². The van der Waals surface area contributed by atoms with Crippen molar-refractivity contribution in [1.82, 2.24) is 4.90 Å². The van der Waals surface area contributed by atoms with Crippen LogP contribution in [0.3, 0.4) is 0 Å². The number of carboxylic acids is 1. The van der Waals surface area contributed by atoms with E-state index in [0.717, 1.165) is 12.2 Å². The Balaban J connectivity index is 2.85. The Kier molecular flexibility index (Phi) is 2.31. The van der Waals surface area contributed by atoms with Crippen LogP contribution in [0, 0.1) is 0 Å². The van der Waals surface area contributed by atoms with Crippen molar-refractivity contribution < 1.29 is 23.1 Å². The first kappa shape index (κ1) is 9.63. The number of rotatable bonds is 1. The van der Waals surface area contributed by atoms with E-state index in [2.05, 4.69) is 0 Å². The Hall–Kier alpha value is -1.46. The van der Waals surface area contributed by atoms with Crippen LogP contribution in [0.15, 0.2) is 23.9 Å². The minimum absolute atomic E-state index is 0.0104. The molecule has 0 spiro atoms. The second kappa shape index (κ2) is 3.12. The maximum Gasteiger partial charge on any atom is 0.484 e. The molecule has 0 amide bonds. The van der Waals surface area contributed by atoms with Gasteiger partial charge in [0.05, 0.1) is 5.57 Å². The topological polar surface area (TPSA) is 40.5 Å². The monoisotopic (exact) mass is 193 g/mol. The third kappa shape index (κ3) is 2.24. The van der Waals surface area contributed by atoms with Crippen molar-refractivity contribution in [3.63, 3.8) is 0 Å². The first-order valence-corrected chi connectivity index (χ1v) is 3.36. The van der Waals surface area contributed by atoms with Gasteiger partial charge in [-0.05, 0) is 6.08 Å². The number of nitrogens with zero attached hydrogens (tertiary/aromatic N) is 1. The molecule has 0 saturated heterocycles.